The summed E-state index contributed by atoms with van der Waals surface area (Å²) in [6.45, 7) is 3.77. The Labute approximate surface area is 188 Å². The lowest BCUT2D eigenvalue weighted by Crippen LogP contribution is -2.44. The third-order valence-corrected chi connectivity index (χ3v) is 5.57. The number of rotatable bonds is 8. The van der Waals surface area contributed by atoms with Gasteiger partial charge in [-0.15, -0.1) is 0 Å². The Morgan fingerprint density at radius 1 is 0.867 bits per heavy atom. The number of ether oxygens (including phenoxy) is 1. The van der Waals surface area contributed by atoms with Crippen LogP contribution in [0.2, 0.25) is 10.0 Å². The van der Waals surface area contributed by atoms with Gasteiger partial charge in [0.2, 0.25) is 0 Å². The molecule has 0 aliphatic rings. The minimum Gasteiger partial charge on any atom is -0.481 e. The Bertz CT molecular complexity index is 943. The van der Waals surface area contributed by atoms with Crippen molar-refractivity contribution >= 4 is 29.1 Å². The molecule has 3 aromatic rings. The van der Waals surface area contributed by atoms with Gasteiger partial charge >= 0.3 is 0 Å². The van der Waals surface area contributed by atoms with E-state index >= 15 is 0 Å². The molecule has 1 N–H and O–H groups in total. The van der Waals surface area contributed by atoms with Gasteiger partial charge in [-0.05, 0) is 67.8 Å². The molecule has 0 saturated carbocycles. The molecule has 0 aliphatic heterocycles. The predicted molar refractivity (Wildman–Crippen MR) is 123 cm³/mol. The Morgan fingerprint density at radius 2 is 1.43 bits per heavy atom. The highest BCUT2D eigenvalue weighted by atomic mass is 35.5. The Kier molecular flexibility index (Phi) is 7.78. The zero-order valence-corrected chi connectivity index (χ0v) is 18.5. The lowest BCUT2D eigenvalue weighted by atomic mass is 9.86. The van der Waals surface area contributed by atoms with E-state index in [9.17, 15) is 4.79 Å². The highest BCUT2D eigenvalue weighted by Gasteiger charge is 2.24. The van der Waals surface area contributed by atoms with Gasteiger partial charge in [0.25, 0.3) is 5.91 Å². The quantitative estimate of drug-likeness (QED) is 0.445. The Balaban J connectivity index is 1.70. The minimum absolute atomic E-state index is 0.0909. The van der Waals surface area contributed by atoms with Crippen molar-refractivity contribution in [3.63, 3.8) is 0 Å². The zero-order chi connectivity index (χ0) is 21.5. The van der Waals surface area contributed by atoms with Crippen LogP contribution in [-0.2, 0) is 11.2 Å². The number of carbonyl (C=O) groups excluding carboxylic acids is 1. The number of hydrogen-bond acceptors (Lipinski definition) is 2. The maximum atomic E-state index is 12.8. The zero-order valence-electron chi connectivity index (χ0n) is 17.0. The molecular formula is C25H25Cl2NO2. The third-order valence-electron chi connectivity index (χ3n) is 5.07. The summed E-state index contributed by atoms with van der Waals surface area (Å²) in [5.41, 5.74) is 2.34. The van der Waals surface area contributed by atoms with Gasteiger partial charge in [-0.1, -0.05) is 65.7 Å². The van der Waals surface area contributed by atoms with Crippen LogP contribution in [0.1, 0.15) is 30.9 Å². The van der Waals surface area contributed by atoms with Crippen molar-refractivity contribution in [1.29, 1.82) is 0 Å². The van der Waals surface area contributed by atoms with E-state index in [1.165, 1.54) is 11.1 Å². The molecule has 3 aromatic carbocycles. The van der Waals surface area contributed by atoms with Crippen LogP contribution in [-0.4, -0.2) is 18.1 Å². The van der Waals surface area contributed by atoms with Crippen molar-refractivity contribution in [3.05, 3.63) is 100 Å². The maximum Gasteiger partial charge on any atom is 0.261 e. The minimum atomic E-state index is -0.624. The number of hydrogen-bond donors (Lipinski definition) is 1. The lowest BCUT2D eigenvalue weighted by Gasteiger charge is -2.27. The molecule has 0 bridgehead atoms. The van der Waals surface area contributed by atoms with Crippen LogP contribution in [0.3, 0.4) is 0 Å². The second-order valence-corrected chi connectivity index (χ2v) is 8.23. The molecule has 0 heterocycles. The first-order valence-corrected chi connectivity index (χ1v) is 10.7. The largest absolute Gasteiger partial charge is 0.481 e. The van der Waals surface area contributed by atoms with E-state index < -0.39 is 6.10 Å². The van der Waals surface area contributed by atoms with Crippen molar-refractivity contribution < 1.29 is 9.53 Å². The lowest BCUT2D eigenvalue weighted by molar-refractivity contribution is -0.128. The number of carbonyl (C=O) groups is 1. The molecule has 3 nitrogen and oxygen atoms in total. The summed E-state index contributed by atoms with van der Waals surface area (Å²) in [6.07, 6.45) is 0.162. The van der Waals surface area contributed by atoms with E-state index in [0.29, 0.717) is 15.8 Å². The summed E-state index contributed by atoms with van der Waals surface area (Å²) in [7, 11) is 0. The van der Waals surface area contributed by atoms with Gasteiger partial charge in [0.05, 0.1) is 0 Å². The average molecular weight is 442 g/mol. The summed E-state index contributed by atoms with van der Waals surface area (Å²) in [6, 6.07) is 25.0. The Hall–Kier alpha value is -2.49. The molecule has 0 radical (unpaired) electrons. The van der Waals surface area contributed by atoms with Crippen molar-refractivity contribution in [1.82, 2.24) is 5.32 Å². The van der Waals surface area contributed by atoms with Gasteiger partial charge in [0.15, 0.2) is 6.10 Å². The molecule has 30 heavy (non-hydrogen) atoms. The van der Waals surface area contributed by atoms with Crippen molar-refractivity contribution in [2.75, 3.05) is 0 Å². The van der Waals surface area contributed by atoms with Gasteiger partial charge in [0.1, 0.15) is 5.75 Å². The molecule has 3 unspecified atom stereocenters. The van der Waals surface area contributed by atoms with Crippen molar-refractivity contribution in [2.45, 2.75) is 38.3 Å². The monoisotopic (exact) mass is 441 g/mol. The van der Waals surface area contributed by atoms with Crippen LogP contribution in [0.4, 0.5) is 0 Å². The number of nitrogens with one attached hydrogen (secondary N) is 1. The molecule has 0 spiro atoms. The van der Waals surface area contributed by atoms with E-state index in [0.717, 1.165) is 6.42 Å². The van der Waals surface area contributed by atoms with Crippen LogP contribution in [0.5, 0.6) is 5.75 Å². The summed E-state index contributed by atoms with van der Waals surface area (Å²) in [5.74, 6) is 0.559. The van der Waals surface area contributed by atoms with Crippen LogP contribution in [0, 0.1) is 0 Å². The topological polar surface area (TPSA) is 38.3 Å². The van der Waals surface area contributed by atoms with E-state index in [4.69, 9.17) is 27.9 Å². The summed E-state index contributed by atoms with van der Waals surface area (Å²) >= 11 is 11.9. The predicted octanol–water partition coefficient (Wildman–Crippen LogP) is 6.29. The molecule has 3 rings (SSSR count). The second-order valence-electron chi connectivity index (χ2n) is 7.36. The van der Waals surface area contributed by atoms with Gasteiger partial charge in [-0.25, -0.2) is 0 Å². The molecule has 156 valence electrons. The van der Waals surface area contributed by atoms with E-state index in [1.54, 1.807) is 31.2 Å². The van der Waals surface area contributed by atoms with Crippen molar-refractivity contribution in [2.24, 2.45) is 0 Å². The molecule has 0 fully saturated rings. The highest BCUT2D eigenvalue weighted by molar-refractivity contribution is 6.30. The smallest absolute Gasteiger partial charge is 0.261 e. The molecule has 3 atom stereocenters. The SMILES string of the molecule is CC(Oc1ccc(Cl)cc1)C(=O)NC(C)C(Cc1ccc(Cl)cc1)c1ccccc1. The molecular weight excluding hydrogens is 417 g/mol. The number of halogens is 2. The van der Waals surface area contributed by atoms with Gasteiger partial charge in [0, 0.05) is 22.0 Å². The van der Waals surface area contributed by atoms with E-state index in [-0.39, 0.29) is 17.9 Å². The molecule has 0 saturated heterocycles. The van der Waals surface area contributed by atoms with Crippen LogP contribution >= 0.6 is 23.2 Å². The molecule has 0 aliphatic carbocycles. The molecule has 1 amide bonds. The van der Waals surface area contributed by atoms with Crippen molar-refractivity contribution in [3.8, 4) is 5.75 Å². The standard InChI is InChI=1S/C25H25Cl2NO2/c1-17(28-25(29)18(2)30-23-14-12-22(27)13-15-23)24(20-6-4-3-5-7-20)16-19-8-10-21(26)11-9-19/h3-15,17-18,24H,16H2,1-2H3,(H,28,29). The number of amides is 1. The average Bonchev–Trinajstić information content (AvgIpc) is 2.75. The fourth-order valence-electron chi connectivity index (χ4n) is 3.37. The first kappa shape index (κ1) is 22.2. The third kappa shape index (κ3) is 6.25. The molecule has 0 aromatic heterocycles. The summed E-state index contributed by atoms with van der Waals surface area (Å²) < 4.78 is 5.76. The summed E-state index contributed by atoms with van der Waals surface area (Å²) in [5, 5.41) is 4.46. The second kappa shape index (κ2) is 10.5. The van der Waals surface area contributed by atoms with E-state index in [1.807, 2.05) is 49.4 Å². The first-order valence-electron chi connectivity index (χ1n) is 9.94. The van der Waals surface area contributed by atoms with Crippen LogP contribution in [0.15, 0.2) is 78.9 Å². The van der Waals surface area contributed by atoms with Gasteiger partial charge in [-0.3, -0.25) is 4.79 Å². The summed E-state index contributed by atoms with van der Waals surface area (Å²) in [4.78, 5) is 12.8. The van der Waals surface area contributed by atoms with Gasteiger partial charge < -0.3 is 10.1 Å². The fraction of sp³-hybridized carbons (Fsp3) is 0.240. The maximum absolute atomic E-state index is 12.8. The highest BCUT2D eigenvalue weighted by Crippen LogP contribution is 2.26. The fourth-order valence-corrected chi connectivity index (χ4v) is 3.62. The van der Waals surface area contributed by atoms with Gasteiger partial charge in [-0.2, -0.15) is 0 Å². The Morgan fingerprint density at radius 3 is 2.03 bits per heavy atom. The van der Waals surface area contributed by atoms with E-state index in [2.05, 4.69) is 17.4 Å². The first-order chi connectivity index (χ1) is 14.4. The number of benzene rings is 3. The van der Waals surface area contributed by atoms with Crippen LogP contribution in [0.25, 0.3) is 0 Å². The van der Waals surface area contributed by atoms with Crippen LogP contribution < -0.4 is 10.1 Å². The molecule has 5 heteroatoms. The normalized spacial score (nSPS) is 13.9.